The standard InChI is InChI=1S/C15H30N2O2S/c16-10-14-8-4-5-9-15(14)11-17-20(18,19)12-13-6-2-1-3-7-13/h13-15,17H,1-12,16H2. The van der Waals surface area contributed by atoms with E-state index in [2.05, 4.69) is 4.72 Å². The van der Waals surface area contributed by atoms with Crippen LogP contribution in [0.3, 0.4) is 0 Å². The molecule has 20 heavy (non-hydrogen) atoms. The zero-order valence-corrected chi connectivity index (χ0v) is 13.3. The van der Waals surface area contributed by atoms with Crippen LogP contribution in [0.5, 0.6) is 0 Å². The van der Waals surface area contributed by atoms with Crippen molar-refractivity contribution in [1.29, 1.82) is 0 Å². The Kier molecular flexibility index (Phi) is 6.30. The van der Waals surface area contributed by atoms with Gasteiger partial charge in [-0.1, -0.05) is 32.1 Å². The van der Waals surface area contributed by atoms with Crippen molar-refractivity contribution in [2.75, 3.05) is 18.8 Å². The fourth-order valence-electron chi connectivity index (χ4n) is 3.82. The quantitative estimate of drug-likeness (QED) is 0.790. The summed E-state index contributed by atoms with van der Waals surface area (Å²) in [5.74, 6) is 1.64. The maximum Gasteiger partial charge on any atom is 0.211 e. The second kappa shape index (κ2) is 7.76. The van der Waals surface area contributed by atoms with E-state index in [0.29, 0.717) is 36.6 Å². The number of rotatable bonds is 6. The van der Waals surface area contributed by atoms with Crippen molar-refractivity contribution in [3.05, 3.63) is 0 Å². The van der Waals surface area contributed by atoms with Crippen LogP contribution in [0.2, 0.25) is 0 Å². The van der Waals surface area contributed by atoms with Crippen molar-refractivity contribution in [3.8, 4) is 0 Å². The SMILES string of the molecule is NCC1CCCCC1CNS(=O)(=O)CC1CCCCC1. The highest BCUT2D eigenvalue weighted by molar-refractivity contribution is 7.89. The Morgan fingerprint density at radius 1 is 0.900 bits per heavy atom. The Bertz CT molecular complexity index is 377. The average molecular weight is 302 g/mol. The van der Waals surface area contributed by atoms with Gasteiger partial charge in [-0.15, -0.1) is 0 Å². The third-order valence-corrected chi connectivity index (χ3v) is 6.63. The summed E-state index contributed by atoms with van der Waals surface area (Å²) in [6, 6.07) is 0. The molecule has 0 aromatic carbocycles. The molecule has 0 bridgehead atoms. The van der Waals surface area contributed by atoms with Gasteiger partial charge in [0.05, 0.1) is 5.75 Å². The maximum absolute atomic E-state index is 12.2. The topological polar surface area (TPSA) is 72.2 Å². The lowest BCUT2D eigenvalue weighted by Crippen LogP contribution is -2.39. The van der Waals surface area contributed by atoms with E-state index in [9.17, 15) is 8.42 Å². The first-order chi connectivity index (χ1) is 9.61. The summed E-state index contributed by atoms with van der Waals surface area (Å²) in [5, 5.41) is 0. The molecule has 0 heterocycles. The number of nitrogens with one attached hydrogen (secondary N) is 1. The molecule has 0 aliphatic heterocycles. The number of hydrogen-bond donors (Lipinski definition) is 2. The molecule has 5 heteroatoms. The summed E-state index contributed by atoms with van der Waals surface area (Å²) < 4.78 is 27.2. The Hall–Kier alpha value is -0.130. The van der Waals surface area contributed by atoms with Crippen LogP contribution in [0.4, 0.5) is 0 Å². The minimum Gasteiger partial charge on any atom is -0.330 e. The largest absolute Gasteiger partial charge is 0.330 e. The minimum atomic E-state index is -3.10. The number of sulfonamides is 1. The van der Waals surface area contributed by atoms with E-state index in [4.69, 9.17) is 5.73 Å². The van der Waals surface area contributed by atoms with E-state index < -0.39 is 10.0 Å². The first-order valence-electron chi connectivity index (χ1n) is 8.28. The van der Waals surface area contributed by atoms with Gasteiger partial charge in [-0.05, 0) is 50.0 Å². The smallest absolute Gasteiger partial charge is 0.211 e. The van der Waals surface area contributed by atoms with E-state index in [0.717, 1.165) is 25.7 Å². The van der Waals surface area contributed by atoms with E-state index in [-0.39, 0.29) is 0 Å². The van der Waals surface area contributed by atoms with Gasteiger partial charge < -0.3 is 5.73 Å². The molecule has 2 saturated carbocycles. The Morgan fingerprint density at radius 3 is 2.15 bits per heavy atom. The van der Waals surface area contributed by atoms with Crippen molar-refractivity contribution < 1.29 is 8.42 Å². The second-order valence-corrected chi connectivity index (χ2v) is 8.53. The highest BCUT2D eigenvalue weighted by Gasteiger charge is 2.26. The molecule has 2 aliphatic carbocycles. The first-order valence-corrected chi connectivity index (χ1v) is 9.93. The molecule has 2 atom stereocenters. The van der Waals surface area contributed by atoms with Crippen LogP contribution < -0.4 is 10.5 Å². The van der Waals surface area contributed by atoms with Crippen molar-refractivity contribution in [2.45, 2.75) is 57.8 Å². The minimum absolute atomic E-state index is 0.326. The van der Waals surface area contributed by atoms with E-state index in [1.165, 1.54) is 32.1 Å². The van der Waals surface area contributed by atoms with Gasteiger partial charge in [-0.3, -0.25) is 0 Å². The van der Waals surface area contributed by atoms with E-state index >= 15 is 0 Å². The third kappa shape index (κ3) is 5.01. The van der Waals surface area contributed by atoms with Crippen molar-refractivity contribution in [3.63, 3.8) is 0 Å². The van der Waals surface area contributed by atoms with Crippen LogP contribution >= 0.6 is 0 Å². The van der Waals surface area contributed by atoms with Crippen LogP contribution in [-0.2, 0) is 10.0 Å². The van der Waals surface area contributed by atoms with Gasteiger partial charge in [-0.25, -0.2) is 13.1 Å². The summed E-state index contributed by atoms with van der Waals surface area (Å²) in [5.41, 5.74) is 5.81. The van der Waals surface area contributed by atoms with Gasteiger partial charge in [0, 0.05) is 6.54 Å². The molecule has 2 unspecified atom stereocenters. The summed E-state index contributed by atoms with van der Waals surface area (Å²) >= 11 is 0. The van der Waals surface area contributed by atoms with Crippen LogP contribution in [-0.4, -0.2) is 27.3 Å². The molecule has 0 amide bonds. The lowest BCUT2D eigenvalue weighted by Gasteiger charge is -2.31. The van der Waals surface area contributed by atoms with Gasteiger partial charge >= 0.3 is 0 Å². The van der Waals surface area contributed by atoms with Crippen LogP contribution in [0, 0.1) is 17.8 Å². The molecule has 2 aliphatic rings. The van der Waals surface area contributed by atoms with Crippen molar-refractivity contribution in [1.82, 2.24) is 4.72 Å². The van der Waals surface area contributed by atoms with E-state index in [1.54, 1.807) is 0 Å². The predicted octanol–water partition coefficient (Wildman–Crippen LogP) is 2.25. The fourth-order valence-corrected chi connectivity index (χ4v) is 5.36. The summed E-state index contributed by atoms with van der Waals surface area (Å²) in [7, 11) is -3.10. The molecular formula is C15H30N2O2S. The molecule has 118 valence electrons. The summed E-state index contributed by atoms with van der Waals surface area (Å²) in [4.78, 5) is 0. The molecule has 0 spiro atoms. The second-order valence-electron chi connectivity index (χ2n) is 6.67. The molecule has 0 aromatic rings. The zero-order chi connectivity index (χ0) is 14.4. The maximum atomic E-state index is 12.2. The van der Waals surface area contributed by atoms with Gasteiger partial charge in [0.15, 0.2) is 0 Å². The van der Waals surface area contributed by atoms with Gasteiger partial charge in [0.1, 0.15) is 0 Å². The number of hydrogen-bond acceptors (Lipinski definition) is 3. The molecular weight excluding hydrogens is 272 g/mol. The Labute approximate surface area is 123 Å². The predicted molar refractivity (Wildman–Crippen MR) is 82.9 cm³/mol. The lowest BCUT2D eigenvalue weighted by atomic mass is 9.79. The van der Waals surface area contributed by atoms with E-state index in [1.807, 2.05) is 0 Å². The first kappa shape index (κ1) is 16.2. The highest BCUT2D eigenvalue weighted by Crippen LogP contribution is 2.29. The fraction of sp³-hybridized carbons (Fsp3) is 1.00. The monoisotopic (exact) mass is 302 g/mol. The molecule has 0 radical (unpaired) electrons. The Morgan fingerprint density at radius 2 is 1.50 bits per heavy atom. The highest BCUT2D eigenvalue weighted by atomic mass is 32.2. The van der Waals surface area contributed by atoms with Crippen molar-refractivity contribution >= 4 is 10.0 Å². The van der Waals surface area contributed by atoms with Crippen LogP contribution in [0.25, 0.3) is 0 Å². The molecule has 0 saturated heterocycles. The molecule has 3 N–H and O–H groups in total. The summed E-state index contributed by atoms with van der Waals surface area (Å²) in [6.45, 7) is 1.28. The van der Waals surface area contributed by atoms with Gasteiger partial charge in [0.2, 0.25) is 10.0 Å². The Balaban J connectivity index is 1.78. The summed E-state index contributed by atoms with van der Waals surface area (Å²) in [6.07, 6.45) is 10.5. The van der Waals surface area contributed by atoms with Gasteiger partial charge in [-0.2, -0.15) is 0 Å². The normalized spacial score (nSPS) is 29.4. The van der Waals surface area contributed by atoms with Gasteiger partial charge in [0.25, 0.3) is 0 Å². The van der Waals surface area contributed by atoms with Crippen molar-refractivity contribution in [2.24, 2.45) is 23.5 Å². The molecule has 0 aromatic heterocycles. The third-order valence-electron chi connectivity index (χ3n) is 5.11. The number of nitrogens with two attached hydrogens (primary N) is 1. The molecule has 4 nitrogen and oxygen atoms in total. The lowest BCUT2D eigenvalue weighted by molar-refractivity contribution is 0.244. The average Bonchev–Trinajstić information content (AvgIpc) is 2.46. The van der Waals surface area contributed by atoms with Crippen LogP contribution in [0.15, 0.2) is 0 Å². The molecule has 2 fully saturated rings. The van der Waals surface area contributed by atoms with Crippen LogP contribution in [0.1, 0.15) is 57.8 Å². The molecule has 2 rings (SSSR count). The zero-order valence-electron chi connectivity index (χ0n) is 12.5.